The molecule has 0 aliphatic heterocycles. The van der Waals surface area contributed by atoms with Crippen molar-refractivity contribution >= 4 is 11.4 Å². The van der Waals surface area contributed by atoms with E-state index >= 15 is 0 Å². The zero-order valence-electron chi connectivity index (χ0n) is 12.9. The van der Waals surface area contributed by atoms with Gasteiger partial charge in [-0.2, -0.15) is 0 Å². The Bertz CT molecular complexity index is 372. The zero-order valence-corrected chi connectivity index (χ0v) is 12.9. The maximum atomic E-state index is 5.77. The molecule has 0 saturated heterocycles. The highest BCUT2D eigenvalue weighted by Crippen LogP contribution is 2.19. The number of nitrogens with one attached hydrogen (secondary N) is 1. The van der Waals surface area contributed by atoms with Crippen LogP contribution >= 0.6 is 0 Å². The molecule has 0 spiro atoms. The second kappa shape index (κ2) is 8.05. The topological polar surface area (TPSA) is 41.3 Å². The minimum atomic E-state index is 0.498. The van der Waals surface area contributed by atoms with Crippen LogP contribution in [0.25, 0.3) is 0 Å². The second-order valence-electron chi connectivity index (χ2n) is 5.29. The molecule has 0 amide bonds. The van der Waals surface area contributed by atoms with Gasteiger partial charge in [0.15, 0.2) is 0 Å². The van der Waals surface area contributed by atoms with Crippen LogP contribution in [-0.4, -0.2) is 30.6 Å². The molecule has 0 bridgehead atoms. The fraction of sp³-hybridized carbons (Fsp3) is 0.625. The summed E-state index contributed by atoms with van der Waals surface area (Å²) in [4.78, 5) is 2.47. The van der Waals surface area contributed by atoms with Gasteiger partial charge in [0.25, 0.3) is 0 Å². The summed E-state index contributed by atoms with van der Waals surface area (Å²) < 4.78 is 0. The first-order chi connectivity index (χ1) is 9.06. The van der Waals surface area contributed by atoms with Crippen molar-refractivity contribution in [2.75, 3.05) is 30.7 Å². The van der Waals surface area contributed by atoms with Crippen LogP contribution in [-0.2, 0) is 0 Å². The van der Waals surface area contributed by atoms with Crippen LogP contribution in [0.2, 0.25) is 0 Å². The maximum Gasteiger partial charge on any atom is 0.0373 e. The molecule has 0 aliphatic rings. The van der Waals surface area contributed by atoms with E-state index in [0.717, 1.165) is 18.8 Å². The number of hydrogen-bond donors (Lipinski definition) is 2. The van der Waals surface area contributed by atoms with Crippen LogP contribution in [0.5, 0.6) is 0 Å². The van der Waals surface area contributed by atoms with Crippen LogP contribution in [0, 0.1) is 6.92 Å². The first-order valence-electron chi connectivity index (χ1n) is 7.41. The standard InChI is InChI=1S/C16H29N3/c1-5-19(6-2)11-7-8-14(4)18-16-10-9-15(17)12-13(16)3/h9-10,12,14,18H,5-8,11,17H2,1-4H3. The third-order valence-corrected chi connectivity index (χ3v) is 3.66. The molecule has 1 aromatic carbocycles. The van der Waals surface area contributed by atoms with Crippen LogP contribution in [0.3, 0.4) is 0 Å². The number of nitrogen functional groups attached to an aromatic ring is 1. The molecule has 19 heavy (non-hydrogen) atoms. The zero-order chi connectivity index (χ0) is 14.3. The van der Waals surface area contributed by atoms with E-state index in [0.29, 0.717) is 6.04 Å². The van der Waals surface area contributed by atoms with Crippen LogP contribution in [0.4, 0.5) is 11.4 Å². The van der Waals surface area contributed by atoms with E-state index in [1.807, 2.05) is 12.1 Å². The largest absolute Gasteiger partial charge is 0.399 e. The van der Waals surface area contributed by atoms with Gasteiger partial charge < -0.3 is 16.0 Å². The molecule has 3 nitrogen and oxygen atoms in total. The Morgan fingerprint density at radius 2 is 1.95 bits per heavy atom. The Labute approximate surface area is 118 Å². The molecule has 1 rings (SSSR count). The van der Waals surface area contributed by atoms with Gasteiger partial charge in [-0.25, -0.2) is 0 Å². The molecule has 1 atom stereocenters. The van der Waals surface area contributed by atoms with Crippen molar-refractivity contribution in [2.24, 2.45) is 0 Å². The highest BCUT2D eigenvalue weighted by Gasteiger charge is 2.06. The highest BCUT2D eigenvalue weighted by atomic mass is 15.1. The number of rotatable bonds is 8. The summed E-state index contributed by atoms with van der Waals surface area (Å²) in [5.74, 6) is 0. The van der Waals surface area contributed by atoms with Crippen molar-refractivity contribution in [1.82, 2.24) is 4.90 Å². The SMILES string of the molecule is CCN(CC)CCCC(C)Nc1ccc(N)cc1C. The third-order valence-electron chi connectivity index (χ3n) is 3.66. The van der Waals surface area contributed by atoms with Gasteiger partial charge in [0, 0.05) is 17.4 Å². The number of nitrogens with two attached hydrogens (primary N) is 1. The molecule has 0 saturated carbocycles. The van der Waals surface area contributed by atoms with Crippen molar-refractivity contribution in [3.63, 3.8) is 0 Å². The first-order valence-corrected chi connectivity index (χ1v) is 7.41. The van der Waals surface area contributed by atoms with Gasteiger partial charge in [-0.1, -0.05) is 13.8 Å². The predicted molar refractivity (Wildman–Crippen MR) is 85.7 cm³/mol. The Hall–Kier alpha value is -1.22. The smallest absolute Gasteiger partial charge is 0.0373 e. The number of nitrogens with zero attached hydrogens (tertiary/aromatic N) is 1. The predicted octanol–water partition coefficient (Wildman–Crippen LogP) is 3.50. The summed E-state index contributed by atoms with van der Waals surface area (Å²) in [7, 11) is 0. The van der Waals surface area contributed by atoms with Gasteiger partial charge in [0.05, 0.1) is 0 Å². The van der Waals surface area contributed by atoms with Gasteiger partial charge in [0.2, 0.25) is 0 Å². The van der Waals surface area contributed by atoms with Crippen molar-refractivity contribution < 1.29 is 0 Å². The number of anilines is 2. The molecule has 1 unspecified atom stereocenters. The Morgan fingerprint density at radius 1 is 1.26 bits per heavy atom. The maximum absolute atomic E-state index is 5.77. The Balaban J connectivity index is 2.36. The summed E-state index contributed by atoms with van der Waals surface area (Å²) in [5.41, 5.74) is 9.02. The summed E-state index contributed by atoms with van der Waals surface area (Å²) in [6.45, 7) is 12.3. The van der Waals surface area contributed by atoms with Gasteiger partial charge in [-0.3, -0.25) is 0 Å². The highest BCUT2D eigenvalue weighted by molar-refractivity contribution is 5.57. The van der Waals surface area contributed by atoms with E-state index < -0.39 is 0 Å². The lowest BCUT2D eigenvalue weighted by Crippen LogP contribution is -2.25. The lowest BCUT2D eigenvalue weighted by Gasteiger charge is -2.21. The quantitative estimate of drug-likeness (QED) is 0.705. The van der Waals surface area contributed by atoms with E-state index in [-0.39, 0.29) is 0 Å². The molecular formula is C16H29N3. The monoisotopic (exact) mass is 263 g/mol. The molecule has 3 N–H and O–H groups in total. The van der Waals surface area contributed by atoms with Crippen LogP contribution in [0.15, 0.2) is 18.2 Å². The molecule has 108 valence electrons. The first kappa shape index (κ1) is 15.8. The Kier molecular flexibility index (Phi) is 6.71. The minimum Gasteiger partial charge on any atom is -0.399 e. The molecule has 0 aromatic heterocycles. The van der Waals surface area contributed by atoms with Gasteiger partial charge in [0.1, 0.15) is 0 Å². The number of benzene rings is 1. The van der Waals surface area contributed by atoms with Gasteiger partial charge in [-0.05, 0) is 70.1 Å². The van der Waals surface area contributed by atoms with Crippen molar-refractivity contribution in [3.05, 3.63) is 23.8 Å². The van der Waals surface area contributed by atoms with Gasteiger partial charge >= 0.3 is 0 Å². The summed E-state index contributed by atoms with van der Waals surface area (Å²) in [6.07, 6.45) is 2.43. The summed E-state index contributed by atoms with van der Waals surface area (Å²) >= 11 is 0. The molecule has 0 aliphatic carbocycles. The minimum absolute atomic E-state index is 0.498. The lowest BCUT2D eigenvalue weighted by atomic mass is 10.1. The van der Waals surface area contributed by atoms with Gasteiger partial charge in [-0.15, -0.1) is 0 Å². The third kappa shape index (κ3) is 5.52. The Morgan fingerprint density at radius 3 is 2.53 bits per heavy atom. The van der Waals surface area contributed by atoms with E-state index in [1.54, 1.807) is 0 Å². The second-order valence-corrected chi connectivity index (χ2v) is 5.29. The van der Waals surface area contributed by atoms with Crippen LogP contribution < -0.4 is 11.1 Å². The molecule has 0 fully saturated rings. The van der Waals surface area contributed by atoms with E-state index in [9.17, 15) is 0 Å². The average molecular weight is 263 g/mol. The van der Waals surface area contributed by atoms with Crippen molar-refractivity contribution in [3.8, 4) is 0 Å². The molecule has 1 aromatic rings. The molecule has 3 heteroatoms. The molecule has 0 heterocycles. The normalized spacial score (nSPS) is 12.7. The lowest BCUT2D eigenvalue weighted by molar-refractivity contribution is 0.295. The summed E-state index contributed by atoms with van der Waals surface area (Å²) in [6, 6.07) is 6.55. The number of hydrogen-bond acceptors (Lipinski definition) is 3. The van der Waals surface area contributed by atoms with Crippen molar-refractivity contribution in [1.29, 1.82) is 0 Å². The van der Waals surface area contributed by atoms with E-state index in [2.05, 4.69) is 44.0 Å². The summed E-state index contributed by atoms with van der Waals surface area (Å²) in [5, 5.41) is 3.57. The number of aryl methyl sites for hydroxylation is 1. The van der Waals surface area contributed by atoms with E-state index in [1.165, 1.54) is 30.6 Å². The van der Waals surface area contributed by atoms with E-state index in [4.69, 9.17) is 5.73 Å². The average Bonchev–Trinajstić information content (AvgIpc) is 2.38. The molecular weight excluding hydrogens is 234 g/mol. The fourth-order valence-corrected chi connectivity index (χ4v) is 2.35. The fourth-order valence-electron chi connectivity index (χ4n) is 2.35. The van der Waals surface area contributed by atoms with Crippen LogP contribution in [0.1, 0.15) is 39.2 Å². The molecule has 0 radical (unpaired) electrons. The van der Waals surface area contributed by atoms with Crippen molar-refractivity contribution in [2.45, 2.75) is 46.6 Å².